The zero-order valence-electron chi connectivity index (χ0n) is 43.7. The maximum Gasteiger partial charge on any atom is 0.148 e. The molecule has 5 heteroatoms. The second-order valence-electron chi connectivity index (χ2n) is 22.0. The topological polar surface area (TPSA) is 50.9 Å². The predicted octanol–water partition coefficient (Wildman–Crippen LogP) is 18.4. The van der Waals surface area contributed by atoms with Gasteiger partial charge in [-0.1, -0.05) is 225 Å². The number of pyridine rings is 1. The Balaban J connectivity index is 0.00000656. The number of aromatic hydroxyl groups is 1. The van der Waals surface area contributed by atoms with Crippen molar-refractivity contribution >= 4 is 11.0 Å². The molecule has 0 aliphatic carbocycles. The molecule has 0 unspecified atom stereocenters. The summed E-state index contributed by atoms with van der Waals surface area (Å²) >= 11 is 0. The Morgan fingerprint density at radius 3 is 1.67 bits per heavy atom. The summed E-state index contributed by atoms with van der Waals surface area (Å²) < 4.78 is 2.29. The van der Waals surface area contributed by atoms with Gasteiger partial charge in [-0.15, -0.1) is 23.8 Å². The van der Waals surface area contributed by atoms with Gasteiger partial charge >= 0.3 is 0 Å². The fourth-order valence-corrected chi connectivity index (χ4v) is 9.84. The first-order chi connectivity index (χ1) is 34.5. The molecule has 368 valence electrons. The molecular formula is C68H64N3OPt-. The molecule has 0 bridgehead atoms. The maximum absolute atomic E-state index is 12.5. The van der Waals surface area contributed by atoms with E-state index in [1.807, 2.05) is 12.3 Å². The SMILES string of the molecule is CC(C)c1cc(-c2nc3c(-c4[c-]c(-c5cc(-c6ccc(-c7ccccc7)cc6)ccn5)cc(-c5ccccc5)c4)cccc3n2-c2ccc(C(C)(C)C)cc2-c2ccc(C(C)(C)C)cc2)c(O)c(C(C)C)c1.[Pt]. The fraction of sp³-hybridized carbons (Fsp3) is 0.206. The van der Waals surface area contributed by atoms with Gasteiger partial charge in [-0.3, -0.25) is 9.55 Å². The summed E-state index contributed by atoms with van der Waals surface area (Å²) in [5, 5.41) is 12.5. The molecule has 4 nitrogen and oxygen atoms in total. The molecule has 0 aliphatic rings. The Bertz CT molecular complexity index is 3580. The van der Waals surface area contributed by atoms with Crippen LogP contribution in [-0.4, -0.2) is 19.6 Å². The molecule has 2 heterocycles. The first-order valence-electron chi connectivity index (χ1n) is 25.4. The summed E-state index contributed by atoms with van der Waals surface area (Å²) in [6.45, 7) is 22.3. The molecule has 73 heavy (non-hydrogen) atoms. The van der Waals surface area contributed by atoms with Gasteiger partial charge < -0.3 is 5.11 Å². The van der Waals surface area contributed by atoms with Gasteiger partial charge in [-0.05, 0) is 109 Å². The zero-order valence-corrected chi connectivity index (χ0v) is 45.9. The molecule has 0 fully saturated rings. The quantitative estimate of drug-likeness (QED) is 0.139. The number of phenolic OH excluding ortho intramolecular Hbond substituents is 1. The molecule has 0 amide bonds. The van der Waals surface area contributed by atoms with E-state index in [1.54, 1.807) is 0 Å². The van der Waals surface area contributed by atoms with Crippen molar-refractivity contribution in [1.29, 1.82) is 0 Å². The van der Waals surface area contributed by atoms with Crippen LogP contribution in [0.2, 0.25) is 0 Å². The number of para-hydroxylation sites is 1. The number of nitrogens with zero attached hydrogens (tertiary/aromatic N) is 3. The number of imidazole rings is 1. The summed E-state index contributed by atoms with van der Waals surface area (Å²) in [6.07, 6.45) is 1.90. The monoisotopic (exact) mass is 1130 g/mol. The first kappa shape index (κ1) is 50.8. The van der Waals surface area contributed by atoms with Crippen molar-refractivity contribution < 1.29 is 26.2 Å². The number of fused-ring (bicyclic) bond motifs is 1. The molecule has 0 saturated carbocycles. The van der Waals surface area contributed by atoms with Gasteiger partial charge in [-0.25, -0.2) is 4.98 Å². The van der Waals surface area contributed by atoms with Gasteiger partial charge in [0.15, 0.2) is 0 Å². The number of hydrogen-bond acceptors (Lipinski definition) is 3. The van der Waals surface area contributed by atoms with E-state index in [2.05, 4.69) is 256 Å². The van der Waals surface area contributed by atoms with Crippen molar-refractivity contribution in [3.05, 3.63) is 217 Å². The third kappa shape index (κ3) is 10.3. The van der Waals surface area contributed by atoms with Crippen LogP contribution >= 0.6 is 0 Å². The van der Waals surface area contributed by atoms with E-state index in [4.69, 9.17) is 9.97 Å². The van der Waals surface area contributed by atoms with Crippen LogP contribution in [0.4, 0.5) is 0 Å². The van der Waals surface area contributed by atoms with Crippen LogP contribution in [-0.2, 0) is 31.9 Å². The van der Waals surface area contributed by atoms with Crippen LogP contribution in [0.15, 0.2) is 188 Å². The number of benzene rings is 8. The number of phenols is 1. The van der Waals surface area contributed by atoms with E-state index in [0.717, 1.165) is 83.6 Å². The van der Waals surface area contributed by atoms with E-state index >= 15 is 0 Å². The van der Waals surface area contributed by atoms with Crippen LogP contribution < -0.4 is 0 Å². The fourth-order valence-electron chi connectivity index (χ4n) is 9.84. The van der Waals surface area contributed by atoms with Crippen LogP contribution in [0, 0.1) is 6.07 Å². The minimum atomic E-state index is -0.0969. The molecule has 0 radical (unpaired) electrons. The summed E-state index contributed by atoms with van der Waals surface area (Å²) in [5.74, 6) is 1.26. The van der Waals surface area contributed by atoms with E-state index in [9.17, 15) is 5.11 Å². The van der Waals surface area contributed by atoms with Crippen molar-refractivity contribution in [2.24, 2.45) is 0 Å². The van der Waals surface area contributed by atoms with Crippen LogP contribution in [0.3, 0.4) is 0 Å². The normalized spacial score (nSPS) is 11.9. The van der Waals surface area contributed by atoms with Gasteiger partial charge in [0.25, 0.3) is 0 Å². The van der Waals surface area contributed by atoms with Gasteiger partial charge in [0.05, 0.1) is 22.3 Å². The zero-order chi connectivity index (χ0) is 50.5. The van der Waals surface area contributed by atoms with Gasteiger partial charge in [-0.2, -0.15) is 0 Å². The standard InChI is InChI=1S/C68H64N3O.Pt/c1-43(2)51-39-58(44(3)4)65(72)60(40-51)66-70-64-57(22-17-23-63(64)71(66)62-33-32-56(68(8,9)10)42-59(62)49-28-30-55(31-29-49)67(5,6)7)53-36-52(46-20-15-12-16-21-46)37-54(38-53)61-41-50(34-35-69-61)48-26-24-47(25-27-48)45-18-13-11-14-19-45;/h11-37,39-44,72H,1-10H3;/q-1;. The number of rotatable bonds is 10. The van der Waals surface area contributed by atoms with Gasteiger partial charge in [0, 0.05) is 38.5 Å². The summed E-state index contributed by atoms with van der Waals surface area (Å²) in [5.41, 5.74) is 20.4. The van der Waals surface area contributed by atoms with E-state index in [1.165, 1.54) is 22.3 Å². The Morgan fingerprint density at radius 1 is 0.479 bits per heavy atom. The van der Waals surface area contributed by atoms with Gasteiger partial charge in [0.1, 0.15) is 11.6 Å². The Labute approximate surface area is 447 Å². The van der Waals surface area contributed by atoms with Crippen LogP contribution in [0.25, 0.3) is 95.0 Å². The Hall–Kier alpha value is -7.13. The third-order valence-electron chi connectivity index (χ3n) is 14.2. The maximum atomic E-state index is 12.5. The molecule has 10 aromatic rings. The van der Waals surface area contributed by atoms with Crippen molar-refractivity contribution in [2.75, 3.05) is 0 Å². The van der Waals surface area contributed by atoms with Crippen molar-refractivity contribution in [3.8, 4) is 89.7 Å². The molecule has 0 saturated heterocycles. The molecule has 1 N–H and O–H groups in total. The summed E-state index contributed by atoms with van der Waals surface area (Å²) in [7, 11) is 0. The minimum Gasteiger partial charge on any atom is -0.507 e. The third-order valence-corrected chi connectivity index (χ3v) is 14.2. The summed E-state index contributed by atoms with van der Waals surface area (Å²) in [6, 6.07) is 69.0. The van der Waals surface area contributed by atoms with Crippen LogP contribution in [0.1, 0.15) is 103 Å². The van der Waals surface area contributed by atoms with Gasteiger partial charge in [0.2, 0.25) is 0 Å². The average molecular weight is 1130 g/mol. The van der Waals surface area contributed by atoms with Crippen molar-refractivity contribution in [3.63, 3.8) is 0 Å². The number of hydrogen-bond donors (Lipinski definition) is 1. The molecule has 2 aromatic heterocycles. The largest absolute Gasteiger partial charge is 0.507 e. The summed E-state index contributed by atoms with van der Waals surface area (Å²) in [4.78, 5) is 10.7. The minimum absolute atomic E-state index is 0. The smallest absolute Gasteiger partial charge is 0.148 e. The Kier molecular flexibility index (Phi) is 14.2. The molecule has 0 aliphatic heterocycles. The van der Waals surface area contributed by atoms with Crippen molar-refractivity contribution in [2.45, 2.75) is 91.9 Å². The van der Waals surface area contributed by atoms with E-state index in [-0.39, 0.29) is 49.5 Å². The predicted molar refractivity (Wildman–Crippen MR) is 303 cm³/mol. The molecule has 0 spiro atoms. The van der Waals surface area contributed by atoms with Crippen molar-refractivity contribution in [1.82, 2.24) is 14.5 Å². The number of aromatic nitrogens is 3. The average Bonchev–Trinajstić information content (AvgIpc) is 3.78. The van der Waals surface area contributed by atoms with Crippen LogP contribution in [0.5, 0.6) is 5.75 Å². The second kappa shape index (κ2) is 20.4. The molecule has 8 aromatic carbocycles. The first-order valence-corrected chi connectivity index (χ1v) is 25.4. The Morgan fingerprint density at radius 2 is 1.05 bits per heavy atom. The van der Waals surface area contributed by atoms with E-state index in [0.29, 0.717) is 11.4 Å². The molecular weight excluding hydrogens is 1070 g/mol. The molecule has 0 atom stereocenters. The van der Waals surface area contributed by atoms with E-state index < -0.39 is 0 Å². The molecule has 10 rings (SSSR count). The second-order valence-corrected chi connectivity index (χ2v) is 22.0.